The van der Waals surface area contributed by atoms with Gasteiger partial charge in [-0.25, -0.2) is 0 Å². The topological polar surface area (TPSA) is 83.3 Å². The molecule has 3 rings (SSSR count). The van der Waals surface area contributed by atoms with Gasteiger partial charge in [-0.2, -0.15) is 0 Å². The Hall–Kier alpha value is -3.06. The van der Waals surface area contributed by atoms with Gasteiger partial charge in [-0.1, -0.05) is 12.1 Å². The third-order valence-corrected chi connectivity index (χ3v) is 5.58. The van der Waals surface area contributed by atoms with Gasteiger partial charge in [0, 0.05) is 11.1 Å². The van der Waals surface area contributed by atoms with Crippen LogP contribution in [0.5, 0.6) is 11.5 Å². The quantitative estimate of drug-likeness (QED) is 0.750. The lowest BCUT2D eigenvalue weighted by Gasteiger charge is -2.35. The Morgan fingerprint density at radius 2 is 1.55 bits per heavy atom. The van der Waals surface area contributed by atoms with Gasteiger partial charge in [0.2, 0.25) is 0 Å². The average Bonchev–Trinajstić information content (AvgIpc) is 2.77. The van der Waals surface area contributed by atoms with Crippen LogP contribution in [0.2, 0.25) is 0 Å². The molecule has 0 radical (unpaired) electrons. The van der Waals surface area contributed by atoms with Gasteiger partial charge in [0.1, 0.15) is 6.04 Å². The van der Waals surface area contributed by atoms with E-state index < -0.39 is 5.97 Å². The molecule has 2 aromatic rings. The Balaban J connectivity index is 1.62. The fourth-order valence-electron chi connectivity index (χ4n) is 3.72. The number of benzene rings is 2. The molecule has 29 heavy (non-hydrogen) atoms. The number of piperazine rings is 1. The molecule has 0 aromatic heterocycles. The minimum atomic E-state index is -1.25. The molecule has 1 aliphatic heterocycles. The second-order valence-corrected chi connectivity index (χ2v) is 7.15. The zero-order valence-corrected chi connectivity index (χ0v) is 16.9. The number of methoxy groups -OCH3 is 2. The molecule has 1 atom stereocenters. The summed E-state index contributed by atoms with van der Waals surface area (Å²) in [6.45, 7) is 5.13. The number of quaternary nitrogens is 1. The van der Waals surface area contributed by atoms with Gasteiger partial charge in [-0.15, -0.1) is 0 Å². The maximum absolute atomic E-state index is 12.7. The van der Waals surface area contributed by atoms with Gasteiger partial charge in [-0.05, 0) is 42.8 Å². The fraction of sp³-hybridized carbons (Fsp3) is 0.364. The van der Waals surface area contributed by atoms with Crippen molar-refractivity contribution in [3.8, 4) is 11.5 Å². The van der Waals surface area contributed by atoms with Crippen LogP contribution in [0, 0.1) is 0 Å². The number of hydrogen-bond acceptors (Lipinski definition) is 5. The number of carbonyl (C=O) groups is 2. The number of hydrogen-bond donors (Lipinski definition) is 1. The third-order valence-electron chi connectivity index (χ3n) is 5.58. The molecule has 1 N–H and O–H groups in total. The number of nitrogens with zero attached hydrogens (tertiary/aromatic N) is 1. The van der Waals surface area contributed by atoms with Crippen LogP contribution < -0.4 is 19.5 Å². The molecular formula is C22H26N2O5. The molecule has 0 unspecified atom stereocenters. The highest BCUT2D eigenvalue weighted by molar-refractivity contribution is 5.95. The van der Waals surface area contributed by atoms with Crippen LogP contribution in [0.4, 0.5) is 0 Å². The molecule has 0 aliphatic carbocycles. The molecule has 1 amide bonds. The van der Waals surface area contributed by atoms with Crippen LogP contribution in [0.25, 0.3) is 0 Å². The summed E-state index contributed by atoms with van der Waals surface area (Å²) in [5, 5.41) is 10.9. The number of amides is 1. The first-order valence-electron chi connectivity index (χ1n) is 9.61. The summed E-state index contributed by atoms with van der Waals surface area (Å²) in [7, 11) is 3.25. The van der Waals surface area contributed by atoms with Gasteiger partial charge >= 0.3 is 0 Å². The van der Waals surface area contributed by atoms with Gasteiger partial charge < -0.3 is 29.2 Å². The first-order valence-corrected chi connectivity index (χ1v) is 9.61. The molecule has 0 bridgehead atoms. The van der Waals surface area contributed by atoms with Crippen molar-refractivity contribution < 1.29 is 29.1 Å². The van der Waals surface area contributed by atoms with Crippen molar-refractivity contribution in [2.24, 2.45) is 0 Å². The van der Waals surface area contributed by atoms with Crippen molar-refractivity contribution in [1.82, 2.24) is 4.90 Å². The zero-order chi connectivity index (χ0) is 21.0. The van der Waals surface area contributed by atoms with Crippen molar-refractivity contribution in [3.05, 3.63) is 59.2 Å². The number of rotatable bonds is 6. The van der Waals surface area contributed by atoms with E-state index in [9.17, 15) is 14.7 Å². The number of carbonyl (C=O) groups excluding carboxylic acids is 2. The Bertz CT molecular complexity index is 873. The van der Waals surface area contributed by atoms with Crippen molar-refractivity contribution in [2.75, 3.05) is 40.4 Å². The number of aromatic carboxylic acids is 1. The molecule has 154 valence electrons. The highest BCUT2D eigenvalue weighted by Crippen LogP contribution is 2.29. The summed E-state index contributed by atoms with van der Waals surface area (Å²) >= 11 is 0. The SMILES string of the molecule is COc1ccc([C@H](C)[NH+]2CCN(C(=O)c3ccc(C(=O)[O-])cc3)CC2)cc1OC. The van der Waals surface area contributed by atoms with Gasteiger partial charge in [0.25, 0.3) is 5.91 Å². The molecule has 1 aliphatic rings. The summed E-state index contributed by atoms with van der Waals surface area (Å²) in [5.74, 6) is 0.0988. The van der Waals surface area contributed by atoms with Gasteiger partial charge in [0.05, 0.1) is 46.4 Å². The van der Waals surface area contributed by atoms with E-state index in [1.54, 1.807) is 26.4 Å². The van der Waals surface area contributed by atoms with Crippen molar-refractivity contribution in [1.29, 1.82) is 0 Å². The predicted molar refractivity (Wildman–Crippen MR) is 105 cm³/mol. The van der Waals surface area contributed by atoms with E-state index in [2.05, 4.69) is 13.0 Å². The highest BCUT2D eigenvalue weighted by atomic mass is 16.5. The second kappa shape index (κ2) is 8.96. The molecule has 1 heterocycles. The summed E-state index contributed by atoms with van der Waals surface area (Å²) in [6, 6.07) is 12.1. The zero-order valence-electron chi connectivity index (χ0n) is 16.9. The van der Waals surface area contributed by atoms with Crippen molar-refractivity contribution in [2.45, 2.75) is 13.0 Å². The van der Waals surface area contributed by atoms with E-state index in [1.807, 2.05) is 17.0 Å². The van der Waals surface area contributed by atoms with Crippen LogP contribution in [0.15, 0.2) is 42.5 Å². The van der Waals surface area contributed by atoms with Crippen LogP contribution in [-0.2, 0) is 0 Å². The number of ether oxygens (including phenoxy) is 2. The summed E-state index contributed by atoms with van der Waals surface area (Å²) < 4.78 is 10.7. The Morgan fingerprint density at radius 3 is 2.10 bits per heavy atom. The van der Waals surface area contributed by atoms with Crippen molar-refractivity contribution >= 4 is 11.9 Å². The van der Waals surface area contributed by atoms with E-state index in [4.69, 9.17) is 9.47 Å². The molecule has 1 fully saturated rings. The van der Waals surface area contributed by atoms with Crippen LogP contribution in [0.3, 0.4) is 0 Å². The lowest BCUT2D eigenvalue weighted by Crippen LogP contribution is -3.14. The molecule has 7 nitrogen and oxygen atoms in total. The first-order chi connectivity index (χ1) is 13.9. The highest BCUT2D eigenvalue weighted by Gasteiger charge is 2.28. The molecule has 0 spiro atoms. The van der Waals surface area contributed by atoms with E-state index in [-0.39, 0.29) is 17.5 Å². The third kappa shape index (κ3) is 4.51. The van der Waals surface area contributed by atoms with Crippen LogP contribution >= 0.6 is 0 Å². The number of carboxylic acids is 1. The van der Waals surface area contributed by atoms with Crippen LogP contribution in [-0.4, -0.2) is 57.2 Å². The van der Waals surface area contributed by atoms with E-state index in [1.165, 1.54) is 17.0 Å². The van der Waals surface area contributed by atoms with Crippen molar-refractivity contribution in [3.63, 3.8) is 0 Å². The smallest absolute Gasteiger partial charge is 0.254 e. The lowest BCUT2D eigenvalue weighted by atomic mass is 10.0. The number of nitrogens with one attached hydrogen (secondary N) is 1. The largest absolute Gasteiger partial charge is 0.545 e. The average molecular weight is 398 g/mol. The summed E-state index contributed by atoms with van der Waals surface area (Å²) in [4.78, 5) is 26.8. The maximum Gasteiger partial charge on any atom is 0.254 e. The van der Waals surface area contributed by atoms with E-state index in [0.29, 0.717) is 30.2 Å². The van der Waals surface area contributed by atoms with Crippen LogP contribution in [0.1, 0.15) is 39.2 Å². The second-order valence-electron chi connectivity index (χ2n) is 7.15. The number of carboxylic acid groups (broad SMARTS) is 1. The standard InChI is InChI=1S/C22H26N2O5/c1-15(18-8-9-19(28-2)20(14-18)29-3)23-10-12-24(13-11-23)21(25)16-4-6-17(7-5-16)22(26)27/h4-9,14-15H,10-13H2,1-3H3,(H,26,27)/t15-/m0/s1. The maximum atomic E-state index is 12.7. The monoisotopic (exact) mass is 398 g/mol. The molecular weight excluding hydrogens is 372 g/mol. The Morgan fingerprint density at radius 1 is 0.966 bits per heavy atom. The Labute approximate surface area is 170 Å². The molecule has 2 aromatic carbocycles. The molecule has 7 heteroatoms. The molecule has 1 saturated heterocycles. The lowest BCUT2D eigenvalue weighted by molar-refractivity contribution is -0.933. The minimum absolute atomic E-state index is 0.0690. The first kappa shape index (κ1) is 20.7. The predicted octanol–water partition coefficient (Wildman–Crippen LogP) is 0.169. The molecule has 0 saturated carbocycles. The minimum Gasteiger partial charge on any atom is -0.545 e. The normalized spacial score (nSPS) is 15.6. The van der Waals surface area contributed by atoms with E-state index in [0.717, 1.165) is 18.7 Å². The van der Waals surface area contributed by atoms with Gasteiger partial charge in [-0.3, -0.25) is 4.79 Å². The van der Waals surface area contributed by atoms with E-state index >= 15 is 0 Å². The summed E-state index contributed by atoms with van der Waals surface area (Å²) in [6.07, 6.45) is 0. The van der Waals surface area contributed by atoms with Gasteiger partial charge in [0.15, 0.2) is 11.5 Å². The summed E-state index contributed by atoms with van der Waals surface area (Å²) in [5.41, 5.74) is 1.72. The Kier molecular flexibility index (Phi) is 6.39. The fourth-order valence-corrected chi connectivity index (χ4v) is 3.72.